The Labute approximate surface area is 138 Å². The molecule has 0 aliphatic carbocycles. The number of ether oxygens (including phenoxy) is 2. The highest BCUT2D eigenvalue weighted by atomic mass is 35.5. The minimum atomic E-state index is -0.891. The molecule has 8 heteroatoms. The number of halogens is 1. The van der Waals surface area contributed by atoms with Gasteiger partial charge >= 0.3 is 12.0 Å². The minimum Gasteiger partial charge on any atom is -0.489 e. The van der Waals surface area contributed by atoms with Crippen LogP contribution in [-0.2, 0) is 14.3 Å². The smallest absolute Gasteiger partial charge is 0.324 e. The average molecular weight is 341 g/mol. The monoisotopic (exact) mass is 340 g/mol. The van der Waals surface area contributed by atoms with Gasteiger partial charge in [-0.15, -0.1) is 0 Å². The third kappa shape index (κ3) is 4.35. The summed E-state index contributed by atoms with van der Waals surface area (Å²) in [6.07, 6.45) is -0.605. The van der Waals surface area contributed by atoms with Gasteiger partial charge in [0.05, 0.1) is 20.1 Å². The van der Waals surface area contributed by atoms with Gasteiger partial charge in [-0.1, -0.05) is 11.6 Å². The van der Waals surface area contributed by atoms with Crippen LogP contribution in [0.1, 0.15) is 13.3 Å². The van der Waals surface area contributed by atoms with E-state index in [0.29, 0.717) is 10.8 Å². The van der Waals surface area contributed by atoms with Crippen molar-refractivity contribution in [3.63, 3.8) is 0 Å². The highest BCUT2D eigenvalue weighted by Gasteiger charge is 2.40. The van der Waals surface area contributed by atoms with Crippen LogP contribution in [0.2, 0.25) is 5.02 Å². The van der Waals surface area contributed by atoms with E-state index in [9.17, 15) is 14.4 Å². The first-order valence-electron chi connectivity index (χ1n) is 7.01. The van der Waals surface area contributed by atoms with Gasteiger partial charge in [-0.25, -0.2) is 4.79 Å². The lowest BCUT2D eigenvalue weighted by Gasteiger charge is -2.20. The van der Waals surface area contributed by atoms with Gasteiger partial charge in [0.25, 0.3) is 5.91 Å². The van der Waals surface area contributed by atoms with Crippen molar-refractivity contribution in [2.24, 2.45) is 0 Å². The van der Waals surface area contributed by atoms with Crippen molar-refractivity contribution < 1.29 is 23.9 Å². The highest BCUT2D eigenvalue weighted by Crippen LogP contribution is 2.18. The largest absolute Gasteiger partial charge is 0.489 e. The second-order valence-electron chi connectivity index (χ2n) is 5.11. The molecule has 0 bridgehead atoms. The van der Waals surface area contributed by atoms with Crippen LogP contribution >= 0.6 is 11.6 Å². The number of benzene rings is 1. The SMILES string of the molecule is COC(=O)C[C@@H]1NC(=O)N(C[C@@H](C)Oc2ccc(Cl)cc2)C1=O. The van der Waals surface area contributed by atoms with Crippen molar-refractivity contribution in [2.75, 3.05) is 13.7 Å². The molecule has 3 amide bonds. The van der Waals surface area contributed by atoms with E-state index in [1.54, 1.807) is 31.2 Å². The summed E-state index contributed by atoms with van der Waals surface area (Å²) in [6.45, 7) is 1.81. The average Bonchev–Trinajstić information content (AvgIpc) is 2.77. The van der Waals surface area contributed by atoms with E-state index in [4.69, 9.17) is 16.3 Å². The number of amides is 3. The molecule has 2 atom stereocenters. The van der Waals surface area contributed by atoms with E-state index in [-0.39, 0.29) is 13.0 Å². The Hall–Kier alpha value is -2.28. The first-order chi connectivity index (χ1) is 10.9. The maximum Gasteiger partial charge on any atom is 0.324 e. The molecule has 1 aromatic carbocycles. The third-order valence-electron chi connectivity index (χ3n) is 3.30. The van der Waals surface area contributed by atoms with Crippen molar-refractivity contribution >= 4 is 29.5 Å². The van der Waals surface area contributed by atoms with Crippen LogP contribution in [0.25, 0.3) is 0 Å². The summed E-state index contributed by atoms with van der Waals surface area (Å²) < 4.78 is 10.1. The third-order valence-corrected chi connectivity index (χ3v) is 3.55. The lowest BCUT2D eigenvalue weighted by Crippen LogP contribution is -2.39. The van der Waals surface area contributed by atoms with E-state index in [1.807, 2.05) is 0 Å². The Balaban J connectivity index is 1.93. The number of carbonyl (C=O) groups is 3. The normalized spacial score (nSPS) is 18.6. The fraction of sp³-hybridized carbons (Fsp3) is 0.400. The number of nitrogens with one attached hydrogen (secondary N) is 1. The molecule has 1 saturated heterocycles. The van der Waals surface area contributed by atoms with Crippen molar-refractivity contribution in [3.05, 3.63) is 29.3 Å². The van der Waals surface area contributed by atoms with Crippen molar-refractivity contribution in [3.8, 4) is 5.75 Å². The van der Waals surface area contributed by atoms with Gasteiger partial charge in [0, 0.05) is 5.02 Å². The molecule has 2 rings (SSSR count). The Kier molecular flexibility index (Phi) is 5.44. The van der Waals surface area contributed by atoms with Gasteiger partial charge < -0.3 is 14.8 Å². The molecule has 0 aromatic heterocycles. The Morgan fingerprint density at radius 2 is 2.00 bits per heavy atom. The number of nitrogens with zero attached hydrogens (tertiary/aromatic N) is 1. The lowest BCUT2D eigenvalue weighted by molar-refractivity contribution is -0.143. The molecular weight excluding hydrogens is 324 g/mol. The van der Waals surface area contributed by atoms with Crippen LogP contribution in [0.4, 0.5) is 4.79 Å². The number of esters is 1. The van der Waals surface area contributed by atoms with Crippen molar-refractivity contribution in [1.82, 2.24) is 10.2 Å². The van der Waals surface area contributed by atoms with Gasteiger partial charge in [-0.3, -0.25) is 14.5 Å². The standard InChI is InChI=1S/C15H17ClN2O5/c1-9(23-11-5-3-10(16)4-6-11)8-18-14(20)12(17-15(18)21)7-13(19)22-2/h3-6,9,12H,7-8H2,1-2H3,(H,17,21)/t9-,12+/m1/s1. The summed E-state index contributed by atoms with van der Waals surface area (Å²) in [5.41, 5.74) is 0. The summed E-state index contributed by atoms with van der Waals surface area (Å²) in [7, 11) is 1.23. The molecule has 124 valence electrons. The fourth-order valence-electron chi connectivity index (χ4n) is 2.18. The van der Waals surface area contributed by atoms with E-state index in [0.717, 1.165) is 4.90 Å². The van der Waals surface area contributed by atoms with Gasteiger partial charge in [0.1, 0.15) is 17.9 Å². The number of hydrogen-bond donors (Lipinski definition) is 1. The van der Waals surface area contributed by atoms with Gasteiger partial charge in [-0.2, -0.15) is 0 Å². The quantitative estimate of drug-likeness (QED) is 0.628. The second kappa shape index (κ2) is 7.32. The molecule has 1 aliphatic rings. The van der Waals surface area contributed by atoms with Crippen LogP contribution in [0.3, 0.4) is 0 Å². The van der Waals surface area contributed by atoms with E-state index in [2.05, 4.69) is 10.1 Å². The first kappa shape index (κ1) is 17.1. The van der Waals surface area contributed by atoms with Crippen molar-refractivity contribution in [2.45, 2.75) is 25.5 Å². The number of rotatable bonds is 6. The zero-order valence-corrected chi connectivity index (χ0v) is 13.5. The molecule has 0 spiro atoms. The zero-order chi connectivity index (χ0) is 17.0. The number of carbonyl (C=O) groups excluding carboxylic acids is 3. The Bertz CT molecular complexity index is 604. The maximum absolute atomic E-state index is 12.2. The molecule has 1 fully saturated rings. The van der Waals surface area contributed by atoms with Crippen molar-refractivity contribution in [1.29, 1.82) is 0 Å². The lowest BCUT2D eigenvalue weighted by atomic mass is 10.2. The molecule has 1 aromatic rings. The summed E-state index contributed by atoms with van der Waals surface area (Å²) in [5.74, 6) is -0.442. The summed E-state index contributed by atoms with van der Waals surface area (Å²) in [4.78, 5) is 36.3. The maximum atomic E-state index is 12.2. The molecule has 0 unspecified atom stereocenters. The van der Waals surface area contributed by atoms with Crippen LogP contribution in [0.5, 0.6) is 5.75 Å². The van der Waals surface area contributed by atoms with Gasteiger partial charge in [-0.05, 0) is 31.2 Å². The minimum absolute atomic E-state index is 0.0744. The zero-order valence-electron chi connectivity index (χ0n) is 12.7. The number of methoxy groups -OCH3 is 1. The number of urea groups is 1. The molecule has 7 nitrogen and oxygen atoms in total. The summed E-state index contributed by atoms with van der Waals surface area (Å²) in [5, 5.41) is 3.05. The number of hydrogen-bond acceptors (Lipinski definition) is 5. The van der Waals surface area contributed by atoms with Gasteiger partial charge in [0.15, 0.2) is 0 Å². The molecular formula is C15H17ClN2O5. The molecule has 0 saturated carbocycles. The molecule has 1 N–H and O–H groups in total. The molecule has 1 heterocycles. The Morgan fingerprint density at radius 3 is 2.61 bits per heavy atom. The van der Waals surface area contributed by atoms with E-state index in [1.165, 1.54) is 7.11 Å². The number of imide groups is 1. The van der Waals surface area contributed by atoms with Crippen LogP contribution in [-0.4, -0.2) is 48.6 Å². The summed E-state index contributed by atoms with van der Waals surface area (Å²) in [6, 6.07) is 5.33. The molecule has 23 heavy (non-hydrogen) atoms. The highest BCUT2D eigenvalue weighted by molar-refractivity contribution is 6.30. The molecule has 1 aliphatic heterocycles. The second-order valence-corrected chi connectivity index (χ2v) is 5.55. The predicted molar refractivity (Wildman–Crippen MR) is 82.2 cm³/mol. The van der Waals surface area contributed by atoms with Crippen LogP contribution in [0, 0.1) is 0 Å². The first-order valence-corrected chi connectivity index (χ1v) is 7.39. The topological polar surface area (TPSA) is 84.9 Å². The fourth-order valence-corrected chi connectivity index (χ4v) is 2.30. The summed E-state index contributed by atoms with van der Waals surface area (Å²) >= 11 is 5.79. The Morgan fingerprint density at radius 1 is 1.35 bits per heavy atom. The van der Waals surface area contributed by atoms with Gasteiger partial charge in [0.2, 0.25) is 0 Å². The van der Waals surface area contributed by atoms with Crippen LogP contribution < -0.4 is 10.1 Å². The predicted octanol–water partition coefficient (Wildman–Crippen LogP) is 1.59. The van der Waals surface area contributed by atoms with Crippen LogP contribution in [0.15, 0.2) is 24.3 Å². The van der Waals surface area contributed by atoms with E-state index >= 15 is 0 Å². The van der Waals surface area contributed by atoms with E-state index < -0.39 is 30.1 Å². The molecule has 0 radical (unpaired) electrons.